The summed E-state index contributed by atoms with van der Waals surface area (Å²) in [5.41, 5.74) is 1.05. The predicted molar refractivity (Wildman–Crippen MR) is 99.8 cm³/mol. The molecule has 0 aromatic heterocycles. The fraction of sp³-hybridized carbons (Fsp3) is 0.682. The lowest BCUT2D eigenvalue weighted by Crippen LogP contribution is -2.29. The third kappa shape index (κ3) is 4.02. The highest BCUT2D eigenvalue weighted by molar-refractivity contribution is 5.89. The highest BCUT2D eigenvalue weighted by Gasteiger charge is 2.61. The summed E-state index contributed by atoms with van der Waals surface area (Å²) in [6.07, 6.45) is 5.69. The van der Waals surface area contributed by atoms with Gasteiger partial charge in [-0.2, -0.15) is 0 Å². The number of esters is 1. The average Bonchev–Trinajstić information content (AvgIpc) is 3.12. The van der Waals surface area contributed by atoms with Crippen molar-refractivity contribution >= 4 is 5.97 Å². The van der Waals surface area contributed by atoms with Crippen LogP contribution in [-0.2, 0) is 4.74 Å². The van der Waals surface area contributed by atoms with Crippen molar-refractivity contribution < 1.29 is 14.3 Å². The number of carbonyl (C=O) groups excluding carboxylic acids is 1. The minimum absolute atomic E-state index is 0.0560. The molecule has 0 unspecified atom stereocenters. The molecule has 4 atom stereocenters. The quantitative estimate of drug-likeness (QED) is 0.485. The second kappa shape index (κ2) is 7.39. The number of hydrogen-bond acceptors (Lipinski definition) is 3. The van der Waals surface area contributed by atoms with Crippen LogP contribution in [0.5, 0.6) is 5.75 Å². The maximum atomic E-state index is 12.5. The molecule has 0 radical (unpaired) electrons. The Bertz CT molecular complexity index is 590. The third-order valence-corrected chi connectivity index (χ3v) is 6.40. The molecule has 0 heterocycles. The van der Waals surface area contributed by atoms with Crippen molar-refractivity contribution in [3.63, 3.8) is 0 Å². The Morgan fingerprint density at radius 1 is 1.12 bits per heavy atom. The summed E-state index contributed by atoms with van der Waals surface area (Å²) in [7, 11) is 0. The van der Waals surface area contributed by atoms with Gasteiger partial charge in [-0.05, 0) is 66.7 Å². The smallest absolute Gasteiger partial charge is 0.338 e. The van der Waals surface area contributed by atoms with Crippen LogP contribution in [0, 0.1) is 23.2 Å². The van der Waals surface area contributed by atoms with Crippen LogP contribution in [0.2, 0.25) is 0 Å². The number of rotatable bonds is 7. The van der Waals surface area contributed by atoms with E-state index >= 15 is 0 Å². The summed E-state index contributed by atoms with van der Waals surface area (Å²) in [5.74, 6) is 2.61. The van der Waals surface area contributed by atoms with Crippen LogP contribution in [-0.4, -0.2) is 18.7 Å². The summed E-state index contributed by atoms with van der Waals surface area (Å²) < 4.78 is 11.6. The molecule has 3 nitrogen and oxygen atoms in total. The largest absolute Gasteiger partial charge is 0.494 e. The minimum Gasteiger partial charge on any atom is -0.494 e. The first-order valence-electron chi connectivity index (χ1n) is 9.87. The van der Waals surface area contributed by atoms with Gasteiger partial charge in [0.15, 0.2) is 0 Å². The minimum atomic E-state index is -0.203. The summed E-state index contributed by atoms with van der Waals surface area (Å²) in [4.78, 5) is 12.5. The average molecular weight is 344 g/mol. The van der Waals surface area contributed by atoms with Crippen LogP contribution < -0.4 is 4.74 Å². The van der Waals surface area contributed by atoms with Crippen molar-refractivity contribution in [2.45, 2.75) is 65.9 Å². The molecule has 2 aliphatic carbocycles. The number of hydrogen-bond donors (Lipinski definition) is 0. The first kappa shape index (κ1) is 18.3. The zero-order chi connectivity index (χ0) is 18.0. The van der Waals surface area contributed by atoms with E-state index in [-0.39, 0.29) is 12.1 Å². The van der Waals surface area contributed by atoms with E-state index in [9.17, 15) is 4.79 Å². The van der Waals surface area contributed by atoms with Crippen LogP contribution in [0.15, 0.2) is 24.3 Å². The van der Waals surface area contributed by atoms with Crippen LogP contribution in [0.25, 0.3) is 0 Å². The van der Waals surface area contributed by atoms with E-state index < -0.39 is 0 Å². The molecule has 25 heavy (non-hydrogen) atoms. The van der Waals surface area contributed by atoms with E-state index in [2.05, 4.69) is 27.7 Å². The Labute approximate surface area is 152 Å². The van der Waals surface area contributed by atoms with Crippen LogP contribution in [0.4, 0.5) is 0 Å². The third-order valence-electron chi connectivity index (χ3n) is 6.40. The SMILES string of the molecule is CCCCCOc1ccc(C(=O)O[C@H]2C[C@H]3[C@@H](C[C@@H]2C)C3(C)C)cc1. The monoisotopic (exact) mass is 344 g/mol. The van der Waals surface area contributed by atoms with Crippen molar-refractivity contribution in [3.8, 4) is 5.75 Å². The molecule has 138 valence electrons. The zero-order valence-electron chi connectivity index (χ0n) is 16.1. The van der Waals surface area contributed by atoms with E-state index in [4.69, 9.17) is 9.47 Å². The lowest BCUT2D eigenvalue weighted by atomic mass is 9.88. The Hall–Kier alpha value is -1.51. The van der Waals surface area contributed by atoms with Crippen molar-refractivity contribution in [2.75, 3.05) is 6.61 Å². The van der Waals surface area contributed by atoms with Gasteiger partial charge in [-0.1, -0.05) is 40.5 Å². The Kier molecular flexibility index (Phi) is 5.41. The number of fused-ring (bicyclic) bond motifs is 1. The number of carbonyl (C=O) groups is 1. The van der Waals surface area contributed by atoms with Crippen LogP contribution in [0.3, 0.4) is 0 Å². The van der Waals surface area contributed by atoms with Gasteiger partial charge < -0.3 is 9.47 Å². The Morgan fingerprint density at radius 3 is 2.48 bits per heavy atom. The topological polar surface area (TPSA) is 35.5 Å². The van der Waals surface area contributed by atoms with E-state index in [1.807, 2.05) is 24.3 Å². The van der Waals surface area contributed by atoms with Crippen molar-refractivity contribution in [2.24, 2.45) is 23.2 Å². The molecule has 0 saturated heterocycles. The van der Waals surface area contributed by atoms with E-state index in [0.717, 1.165) is 37.0 Å². The lowest BCUT2D eigenvalue weighted by molar-refractivity contribution is 0.00306. The molecule has 0 spiro atoms. The highest BCUT2D eigenvalue weighted by atomic mass is 16.5. The van der Waals surface area contributed by atoms with Gasteiger partial charge in [0.1, 0.15) is 11.9 Å². The van der Waals surface area contributed by atoms with Crippen LogP contribution >= 0.6 is 0 Å². The summed E-state index contributed by atoms with van der Waals surface area (Å²) >= 11 is 0. The second-order valence-electron chi connectivity index (χ2n) is 8.51. The predicted octanol–water partition coefficient (Wildman–Crippen LogP) is 5.48. The standard InChI is InChI=1S/C22H32O3/c1-5-6-7-12-24-17-10-8-16(9-11-17)21(23)25-20-14-19-18(13-15(20)2)22(19,3)4/h8-11,15,18-20H,5-7,12-14H2,1-4H3/t15-,18+,19-,20-/m0/s1. The fourth-order valence-electron chi connectivity index (χ4n) is 4.43. The molecule has 3 rings (SSSR count). The van der Waals surface area contributed by atoms with E-state index in [1.54, 1.807) is 0 Å². The van der Waals surface area contributed by atoms with Crippen molar-refractivity contribution in [1.29, 1.82) is 0 Å². The summed E-state index contributed by atoms with van der Waals surface area (Å²) in [5, 5.41) is 0. The molecular formula is C22H32O3. The molecule has 3 heteroatoms. The molecule has 2 aliphatic rings. The normalized spacial score (nSPS) is 29.6. The van der Waals surface area contributed by atoms with Crippen molar-refractivity contribution in [1.82, 2.24) is 0 Å². The van der Waals surface area contributed by atoms with Crippen molar-refractivity contribution in [3.05, 3.63) is 29.8 Å². The summed E-state index contributed by atoms with van der Waals surface area (Å²) in [6, 6.07) is 7.36. The van der Waals surface area contributed by atoms with Gasteiger partial charge in [-0.3, -0.25) is 0 Å². The zero-order valence-corrected chi connectivity index (χ0v) is 16.1. The first-order valence-corrected chi connectivity index (χ1v) is 9.87. The van der Waals surface area contributed by atoms with E-state index in [0.29, 0.717) is 16.9 Å². The van der Waals surface area contributed by atoms with Gasteiger partial charge in [0.2, 0.25) is 0 Å². The molecular weight excluding hydrogens is 312 g/mol. The maximum Gasteiger partial charge on any atom is 0.338 e. The fourth-order valence-corrected chi connectivity index (χ4v) is 4.43. The second-order valence-corrected chi connectivity index (χ2v) is 8.51. The van der Waals surface area contributed by atoms with Gasteiger partial charge in [0.05, 0.1) is 12.2 Å². The van der Waals surface area contributed by atoms with Gasteiger partial charge in [-0.15, -0.1) is 0 Å². The van der Waals surface area contributed by atoms with Gasteiger partial charge in [-0.25, -0.2) is 4.79 Å². The Morgan fingerprint density at radius 2 is 1.80 bits per heavy atom. The molecule has 0 bridgehead atoms. The van der Waals surface area contributed by atoms with Gasteiger partial charge in [0, 0.05) is 0 Å². The van der Waals surface area contributed by atoms with E-state index in [1.165, 1.54) is 19.3 Å². The van der Waals surface area contributed by atoms with Gasteiger partial charge >= 0.3 is 5.97 Å². The molecule has 2 saturated carbocycles. The maximum absolute atomic E-state index is 12.5. The highest BCUT2D eigenvalue weighted by Crippen LogP contribution is 2.66. The number of benzene rings is 1. The molecule has 2 fully saturated rings. The molecule has 0 amide bonds. The molecule has 0 aliphatic heterocycles. The Balaban J connectivity index is 1.51. The van der Waals surface area contributed by atoms with Gasteiger partial charge in [0.25, 0.3) is 0 Å². The summed E-state index contributed by atoms with van der Waals surface area (Å²) in [6.45, 7) is 9.82. The lowest BCUT2D eigenvalue weighted by Gasteiger charge is -2.28. The number of ether oxygens (including phenoxy) is 2. The first-order chi connectivity index (χ1) is 11.9. The molecule has 1 aromatic carbocycles. The number of unbranched alkanes of at least 4 members (excludes halogenated alkanes) is 2. The van der Waals surface area contributed by atoms with Crippen LogP contribution in [0.1, 0.15) is 70.2 Å². The molecule has 0 N–H and O–H groups in total. The molecule has 1 aromatic rings.